The van der Waals surface area contributed by atoms with Crippen molar-refractivity contribution >= 4 is 7.82 Å². The Hall–Kier alpha value is 0.0300. The maximum Gasteiger partial charge on any atom is 0.529 e. The van der Waals surface area contributed by atoms with Gasteiger partial charge < -0.3 is 0 Å². The van der Waals surface area contributed by atoms with Crippen LogP contribution in [0.15, 0.2) is 0 Å². The molecule has 1 unspecified atom stereocenters. The quantitative estimate of drug-likeness (QED) is 0.352. The smallest absolute Gasteiger partial charge is 0.284 e. The first-order chi connectivity index (χ1) is 7.11. The average molecular weight is 242 g/mol. The minimum Gasteiger partial charge on any atom is -0.284 e. The first-order valence-corrected chi connectivity index (χ1v) is 6.39. The maximum atomic E-state index is 11.6. The second kappa shape index (κ2) is 8.21. The Kier molecular flexibility index (Phi) is 8.23. The van der Waals surface area contributed by atoms with Crippen LogP contribution >= 0.6 is 7.82 Å². The number of rotatable bonds is 9. The monoisotopic (exact) mass is 242 g/mol. The minimum absolute atomic E-state index is 0.140. The summed E-state index contributed by atoms with van der Waals surface area (Å²) in [5.41, 5.74) is 0. The van der Waals surface area contributed by atoms with Gasteiger partial charge in [-0.05, 0) is 19.8 Å². The van der Waals surface area contributed by atoms with Crippen LogP contribution in [0, 0.1) is 0 Å². The molecule has 6 nitrogen and oxygen atoms in total. The van der Waals surface area contributed by atoms with Crippen molar-refractivity contribution < 1.29 is 28.2 Å². The standard InChI is InChI=1S/C8H19O6P/c1-5-8(6-2)12-14-15(9,11-7-3)13-10-4/h8H,5-7H2,1-4H3. The highest BCUT2D eigenvalue weighted by Crippen LogP contribution is 2.49. The summed E-state index contributed by atoms with van der Waals surface area (Å²) in [6.45, 7) is 5.69. The largest absolute Gasteiger partial charge is 0.529 e. The van der Waals surface area contributed by atoms with Crippen molar-refractivity contribution in [3.05, 3.63) is 0 Å². The number of hydrogen-bond donors (Lipinski definition) is 0. The lowest BCUT2D eigenvalue weighted by Crippen LogP contribution is -2.11. The fourth-order valence-corrected chi connectivity index (χ4v) is 1.68. The molecule has 0 rings (SSSR count). The van der Waals surface area contributed by atoms with Gasteiger partial charge in [-0.2, -0.15) is 0 Å². The van der Waals surface area contributed by atoms with Crippen LogP contribution < -0.4 is 0 Å². The van der Waals surface area contributed by atoms with Crippen molar-refractivity contribution in [1.82, 2.24) is 0 Å². The molecule has 0 bridgehead atoms. The fourth-order valence-electron chi connectivity index (χ4n) is 0.843. The van der Waals surface area contributed by atoms with Crippen molar-refractivity contribution in [3.63, 3.8) is 0 Å². The molecule has 0 heterocycles. The van der Waals surface area contributed by atoms with E-state index in [1.54, 1.807) is 6.92 Å². The summed E-state index contributed by atoms with van der Waals surface area (Å²) in [5, 5.41) is 0. The molecule has 0 aromatic carbocycles. The van der Waals surface area contributed by atoms with E-state index < -0.39 is 7.82 Å². The van der Waals surface area contributed by atoms with Crippen molar-refractivity contribution in [2.75, 3.05) is 13.7 Å². The zero-order valence-corrected chi connectivity index (χ0v) is 10.5. The summed E-state index contributed by atoms with van der Waals surface area (Å²) in [4.78, 5) is 9.18. The van der Waals surface area contributed by atoms with E-state index in [0.717, 1.165) is 12.8 Å². The third-order valence-electron chi connectivity index (χ3n) is 1.63. The Bertz CT molecular complexity index is 184. The molecule has 1 atom stereocenters. The van der Waals surface area contributed by atoms with Crippen molar-refractivity contribution in [2.24, 2.45) is 0 Å². The second-order valence-electron chi connectivity index (χ2n) is 2.72. The van der Waals surface area contributed by atoms with Gasteiger partial charge in [-0.15, -0.1) is 9.35 Å². The van der Waals surface area contributed by atoms with Gasteiger partial charge in [-0.1, -0.05) is 13.8 Å². The van der Waals surface area contributed by atoms with Crippen molar-refractivity contribution in [3.8, 4) is 0 Å². The van der Waals surface area contributed by atoms with E-state index in [1.807, 2.05) is 13.8 Å². The molecule has 0 amide bonds. The SMILES string of the molecule is CCOP(=O)(OOC)OOC(CC)CC. The van der Waals surface area contributed by atoms with Gasteiger partial charge in [0.2, 0.25) is 0 Å². The zero-order chi connectivity index (χ0) is 11.7. The van der Waals surface area contributed by atoms with Gasteiger partial charge in [0.25, 0.3) is 0 Å². The van der Waals surface area contributed by atoms with Crippen LogP contribution in [0.5, 0.6) is 0 Å². The second-order valence-corrected chi connectivity index (χ2v) is 4.17. The molecule has 0 aromatic rings. The third kappa shape index (κ3) is 6.25. The van der Waals surface area contributed by atoms with Crippen LogP contribution in [0.25, 0.3) is 0 Å². The molecule has 0 radical (unpaired) electrons. The van der Waals surface area contributed by atoms with E-state index in [4.69, 9.17) is 9.41 Å². The molecule has 0 spiro atoms. The fraction of sp³-hybridized carbons (Fsp3) is 1.00. The average Bonchev–Trinajstić information content (AvgIpc) is 2.20. The first kappa shape index (κ1) is 15.0. The Morgan fingerprint density at radius 3 is 2.13 bits per heavy atom. The van der Waals surface area contributed by atoms with Gasteiger partial charge in [0.05, 0.1) is 19.8 Å². The number of phosphoric acid groups is 1. The van der Waals surface area contributed by atoms with E-state index in [1.165, 1.54) is 7.11 Å². The predicted molar refractivity (Wildman–Crippen MR) is 53.9 cm³/mol. The maximum absolute atomic E-state index is 11.6. The van der Waals surface area contributed by atoms with Crippen LogP contribution in [-0.2, 0) is 28.2 Å². The summed E-state index contributed by atoms with van der Waals surface area (Å²) in [5.74, 6) is 0. The molecule has 0 aliphatic rings. The molecule has 0 saturated carbocycles. The van der Waals surface area contributed by atoms with E-state index in [0.29, 0.717) is 0 Å². The summed E-state index contributed by atoms with van der Waals surface area (Å²) in [6.07, 6.45) is 1.35. The van der Waals surface area contributed by atoms with Gasteiger partial charge in [0.1, 0.15) is 0 Å². The topological polar surface area (TPSA) is 63.2 Å². The summed E-state index contributed by atoms with van der Waals surface area (Å²) < 4.78 is 25.4. The Labute approximate surface area is 90.3 Å². The van der Waals surface area contributed by atoms with Gasteiger partial charge in [0.15, 0.2) is 0 Å². The highest BCUT2D eigenvalue weighted by Gasteiger charge is 2.30. The first-order valence-electron chi connectivity index (χ1n) is 4.93. The Balaban J connectivity index is 4.10. The van der Waals surface area contributed by atoms with E-state index in [9.17, 15) is 4.57 Å². The summed E-state index contributed by atoms with van der Waals surface area (Å²) in [7, 11) is -2.53. The molecule has 0 aliphatic heterocycles. The molecule has 92 valence electrons. The lowest BCUT2D eigenvalue weighted by molar-refractivity contribution is -0.293. The minimum atomic E-state index is -3.74. The summed E-state index contributed by atoms with van der Waals surface area (Å²) >= 11 is 0. The molecule has 0 N–H and O–H groups in total. The van der Waals surface area contributed by atoms with Crippen molar-refractivity contribution in [1.29, 1.82) is 0 Å². The molecular formula is C8H19O6P. The van der Waals surface area contributed by atoms with Crippen LogP contribution in [0.2, 0.25) is 0 Å². The van der Waals surface area contributed by atoms with E-state index >= 15 is 0 Å². The Morgan fingerprint density at radius 1 is 1.13 bits per heavy atom. The van der Waals surface area contributed by atoms with Crippen LogP contribution in [0.4, 0.5) is 0 Å². The highest BCUT2D eigenvalue weighted by molar-refractivity contribution is 7.48. The lowest BCUT2D eigenvalue weighted by atomic mass is 10.2. The van der Waals surface area contributed by atoms with Gasteiger partial charge >= 0.3 is 7.82 Å². The van der Waals surface area contributed by atoms with E-state index in [2.05, 4.69) is 14.2 Å². The van der Waals surface area contributed by atoms with E-state index in [-0.39, 0.29) is 12.7 Å². The normalized spacial score (nSPS) is 15.5. The molecular weight excluding hydrogens is 223 g/mol. The summed E-state index contributed by atoms with van der Waals surface area (Å²) in [6, 6.07) is 0. The molecule has 0 fully saturated rings. The Morgan fingerprint density at radius 2 is 1.73 bits per heavy atom. The third-order valence-corrected chi connectivity index (χ3v) is 2.81. The molecule has 15 heavy (non-hydrogen) atoms. The highest BCUT2D eigenvalue weighted by atomic mass is 31.2. The molecule has 0 aliphatic carbocycles. The van der Waals surface area contributed by atoms with Crippen LogP contribution in [0.3, 0.4) is 0 Å². The van der Waals surface area contributed by atoms with Gasteiger partial charge in [-0.3, -0.25) is 4.52 Å². The van der Waals surface area contributed by atoms with Crippen molar-refractivity contribution in [2.45, 2.75) is 39.7 Å². The number of hydrogen-bond acceptors (Lipinski definition) is 6. The molecule has 0 saturated heterocycles. The molecule has 0 aromatic heterocycles. The molecule has 7 heteroatoms. The zero-order valence-electron chi connectivity index (χ0n) is 9.60. The van der Waals surface area contributed by atoms with Crippen LogP contribution in [0.1, 0.15) is 33.6 Å². The van der Waals surface area contributed by atoms with Gasteiger partial charge in [-0.25, -0.2) is 14.3 Å². The van der Waals surface area contributed by atoms with Crippen LogP contribution in [-0.4, -0.2) is 19.8 Å². The lowest BCUT2D eigenvalue weighted by Gasteiger charge is -2.17. The predicted octanol–water partition coefficient (Wildman–Crippen LogP) is 2.85. The van der Waals surface area contributed by atoms with Gasteiger partial charge in [0, 0.05) is 0 Å².